The second-order valence-electron chi connectivity index (χ2n) is 5.71. The Kier molecular flexibility index (Phi) is 4.60. The van der Waals surface area contributed by atoms with Crippen LogP contribution in [0.1, 0.15) is 32.6 Å². The third-order valence-corrected chi connectivity index (χ3v) is 4.01. The maximum Gasteiger partial charge on any atom is 0.319 e. The lowest BCUT2D eigenvalue weighted by atomic mass is 9.77. The van der Waals surface area contributed by atoms with Crippen molar-refractivity contribution < 1.29 is 14.3 Å². The van der Waals surface area contributed by atoms with Crippen LogP contribution in [0, 0.1) is 11.7 Å². The first-order valence-corrected chi connectivity index (χ1v) is 6.99. The number of hydrogen-bond donors (Lipinski definition) is 3. The van der Waals surface area contributed by atoms with Crippen LogP contribution >= 0.6 is 0 Å². The van der Waals surface area contributed by atoms with Gasteiger partial charge in [0.2, 0.25) is 0 Å². The van der Waals surface area contributed by atoms with Gasteiger partial charge in [-0.15, -0.1) is 0 Å². The van der Waals surface area contributed by atoms with Gasteiger partial charge in [-0.05, 0) is 55.9 Å². The van der Waals surface area contributed by atoms with Crippen LogP contribution in [0.25, 0.3) is 0 Å². The molecular formula is C15H21FN2O2. The first kappa shape index (κ1) is 14.8. The van der Waals surface area contributed by atoms with Crippen LogP contribution < -0.4 is 10.6 Å². The van der Waals surface area contributed by atoms with Gasteiger partial charge in [0.1, 0.15) is 5.82 Å². The molecule has 0 radical (unpaired) electrons. The molecule has 0 bridgehead atoms. The van der Waals surface area contributed by atoms with E-state index in [0.29, 0.717) is 11.6 Å². The highest BCUT2D eigenvalue weighted by Crippen LogP contribution is 2.31. The Labute approximate surface area is 118 Å². The molecule has 20 heavy (non-hydrogen) atoms. The Morgan fingerprint density at radius 3 is 2.50 bits per heavy atom. The topological polar surface area (TPSA) is 61.4 Å². The van der Waals surface area contributed by atoms with E-state index in [1.807, 2.05) is 0 Å². The minimum atomic E-state index is -0.531. The van der Waals surface area contributed by atoms with E-state index in [0.717, 1.165) is 25.7 Å². The number of benzene rings is 1. The van der Waals surface area contributed by atoms with E-state index in [9.17, 15) is 14.3 Å². The van der Waals surface area contributed by atoms with Crippen molar-refractivity contribution >= 4 is 11.7 Å². The second-order valence-corrected chi connectivity index (χ2v) is 5.71. The van der Waals surface area contributed by atoms with Crippen LogP contribution in [0.2, 0.25) is 0 Å². The lowest BCUT2D eigenvalue weighted by molar-refractivity contribution is 0.113. The predicted octanol–water partition coefficient (Wildman–Crippen LogP) is 2.89. The Hall–Kier alpha value is -1.62. The fourth-order valence-corrected chi connectivity index (χ4v) is 2.57. The van der Waals surface area contributed by atoms with Crippen LogP contribution in [-0.2, 0) is 0 Å². The number of nitrogens with one attached hydrogen (secondary N) is 2. The molecule has 4 nitrogen and oxygen atoms in total. The molecule has 2 rings (SSSR count). The summed E-state index contributed by atoms with van der Waals surface area (Å²) in [5, 5.41) is 15.1. The van der Waals surface area contributed by atoms with Crippen molar-refractivity contribution in [2.45, 2.75) is 38.1 Å². The van der Waals surface area contributed by atoms with Crippen molar-refractivity contribution in [3.8, 4) is 0 Å². The van der Waals surface area contributed by atoms with E-state index in [1.165, 1.54) is 24.3 Å². The van der Waals surface area contributed by atoms with Crippen LogP contribution in [-0.4, -0.2) is 23.3 Å². The van der Waals surface area contributed by atoms with Gasteiger partial charge in [0.15, 0.2) is 0 Å². The van der Waals surface area contributed by atoms with Gasteiger partial charge in [-0.2, -0.15) is 0 Å². The molecule has 1 saturated carbocycles. The third-order valence-electron chi connectivity index (χ3n) is 4.01. The number of aliphatic hydroxyl groups excluding tert-OH is 1. The molecule has 0 spiro atoms. The zero-order chi connectivity index (χ0) is 14.6. The zero-order valence-corrected chi connectivity index (χ0v) is 11.7. The Balaban J connectivity index is 1.94. The summed E-state index contributed by atoms with van der Waals surface area (Å²) in [5.74, 6) is 0.292. The second kappa shape index (κ2) is 6.22. The molecule has 0 heterocycles. The molecule has 110 valence electrons. The predicted molar refractivity (Wildman–Crippen MR) is 76.0 cm³/mol. The molecule has 0 saturated heterocycles. The molecule has 0 aromatic heterocycles. The quantitative estimate of drug-likeness (QED) is 0.797. The molecule has 3 N–H and O–H groups in total. The van der Waals surface area contributed by atoms with Gasteiger partial charge in [0.05, 0.1) is 12.1 Å². The van der Waals surface area contributed by atoms with Gasteiger partial charge in [-0.1, -0.05) is 6.92 Å². The van der Waals surface area contributed by atoms with E-state index in [2.05, 4.69) is 17.6 Å². The number of amides is 2. The maximum absolute atomic E-state index is 12.8. The average Bonchev–Trinajstić information content (AvgIpc) is 2.44. The van der Waals surface area contributed by atoms with E-state index in [4.69, 9.17) is 0 Å². The smallest absolute Gasteiger partial charge is 0.319 e. The molecule has 1 aromatic rings. The van der Waals surface area contributed by atoms with Crippen LogP contribution in [0.3, 0.4) is 0 Å². The number of hydrogen-bond acceptors (Lipinski definition) is 2. The van der Waals surface area contributed by atoms with Gasteiger partial charge >= 0.3 is 6.03 Å². The average molecular weight is 280 g/mol. The monoisotopic (exact) mass is 280 g/mol. The lowest BCUT2D eigenvalue weighted by Crippen LogP contribution is -2.54. The van der Waals surface area contributed by atoms with Crippen molar-refractivity contribution in [2.24, 2.45) is 5.92 Å². The van der Waals surface area contributed by atoms with Crippen molar-refractivity contribution in [1.82, 2.24) is 5.32 Å². The first-order chi connectivity index (χ1) is 9.53. The Bertz CT molecular complexity index is 453. The number of carbonyl (C=O) groups is 1. The molecule has 0 aliphatic heterocycles. The SMILES string of the molecule is CC1CCC(CO)(NC(=O)Nc2ccc(F)cc2)CC1. The van der Waals surface area contributed by atoms with Gasteiger partial charge in [-0.25, -0.2) is 9.18 Å². The summed E-state index contributed by atoms with van der Waals surface area (Å²) < 4.78 is 12.8. The molecule has 5 heteroatoms. The highest BCUT2D eigenvalue weighted by atomic mass is 19.1. The number of aliphatic hydroxyl groups is 1. The van der Waals surface area contributed by atoms with Gasteiger partial charge in [-0.3, -0.25) is 0 Å². The highest BCUT2D eigenvalue weighted by Gasteiger charge is 2.34. The lowest BCUT2D eigenvalue weighted by Gasteiger charge is -2.38. The summed E-state index contributed by atoms with van der Waals surface area (Å²) in [5.41, 5.74) is -0.00227. The summed E-state index contributed by atoms with van der Waals surface area (Å²) in [6.45, 7) is 2.12. The normalized spacial score (nSPS) is 26.1. The maximum atomic E-state index is 12.8. The summed E-state index contributed by atoms with van der Waals surface area (Å²) in [6, 6.07) is 5.23. The zero-order valence-electron chi connectivity index (χ0n) is 11.7. The van der Waals surface area contributed by atoms with Gasteiger partial charge < -0.3 is 15.7 Å². The van der Waals surface area contributed by atoms with Crippen molar-refractivity contribution in [3.05, 3.63) is 30.1 Å². The van der Waals surface area contributed by atoms with Crippen molar-refractivity contribution in [3.63, 3.8) is 0 Å². The minimum Gasteiger partial charge on any atom is -0.394 e. The Morgan fingerprint density at radius 2 is 1.95 bits per heavy atom. The standard InChI is InChI=1S/C15H21FN2O2/c1-11-6-8-15(10-19,9-7-11)18-14(20)17-13-4-2-12(16)3-5-13/h2-5,11,19H,6-10H2,1H3,(H2,17,18,20). The third kappa shape index (κ3) is 3.70. The molecule has 1 aliphatic rings. The Morgan fingerprint density at radius 1 is 1.35 bits per heavy atom. The van der Waals surface area contributed by atoms with E-state index in [1.54, 1.807) is 0 Å². The van der Waals surface area contributed by atoms with E-state index >= 15 is 0 Å². The van der Waals surface area contributed by atoms with Gasteiger partial charge in [0.25, 0.3) is 0 Å². The van der Waals surface area contributed by atoms with Crippen LogP contribution in [0.5, 0.6) is 0 Å². The van der Waals surface area contributed by atoms with E-state index in [-0.39, 0.29) is 18.5 Å². The summed E-state index contributed by atoms with van der Waals surface area (Å²) in [6.07, 6.45) is 3.55. The summed E-state index contributed by atoms with van der Waals surface area (Å²) >= 11 is 0. The highest BCUT2D eigenvalue weighted by molar-refractivity contribution is 5.89. The van der Waals surface area contributed by atoms with Crippen LogP contribution in [0.15, 0.2) is 24.3 Å². The molecule has 0 unspecified atom stereocenters. The fourth-order valence-electron chi connectivity index (χ4n) is 2.57. The fraction of sp³-hybridized carbons (Fsp3) is 0.533. The number of urea groups is 1. The van der Waals surface area contributed by atoms with Crippen LogP contribution in [0.4, 0.5) is 14.9 Å². The molecule has 0 atom stereocenters. The largest absolute Gasteiger partial charge is 0.394 e. The summed E-state index contributed by atoms with van der Waals surface area (Å²) in [7, 11) is 0. The molecule has 2 amide bonds. The number of halogens is 1. The number of carbonyl (C=O) groups excluding carboxylic acids is 1. The summed E-state index contributed by atoms with van der Waals surface area (Å²) in [4.78, 5) is 12.0. The molecular weight excluding hydrogens is 259 g/mol. The number of rotatable bonds is 3. The molecule has 1 aliphatic carbocycles. The van der Waals surface area contributed by atoms with Crippen molar-refractivity contribution in [2.75, 3.05) is 11.9 Å². The van der Waals surface area contributed by atoms with E-state index < -0.39 is 5.54 Å². The molecule has 1 fully saturated rings. The minimum absolute atomic E-state index is 0.0590. The van der Waals surface area contributed by atoms with Crippen molar-refractivity contribution in [1.29, 1.82) is 0 Å². The van der Waals surface area contributed by atoms with Gasteiger partial charge in [0, 0.05) is 5.69 Å². The number of anilines is 1. The first-order valence-electron chi connectivity index (χ1n) is 6.99. The molecule has 1 aromatic carbocycles.